The lowest BCUT2D eigenvalue weighted by molar-refractivity contribution is -0.138. The highest BCUT2D eigenvalue weighted by atomic mass is 35.5. The van der Waals surface area contributed by atoms with Crippen LogP contribution in [0.2, 0.25) is 10.0 Å². The molecule has 1 N–H and O–H groups in total. The van der Waals surface area contributed by atoms with E-state index >= 15 is 0 Å². The molecule has 0 spiro atoms. The van der Waals surface area contributed by atoms with Crippen molar-refractivity contribution >= 4 is 46.8 Å². The molecule has 0 aromatic heterocycles. The van der Waals surface area contributed by atoms with E-state index in [0.717, 1.165) is 16.9 Å². The molecule has 162 valence electrons. The van der Waals surface area contributed by atoms with E-state index in [2.05, 4.69) is 5.32 Å². The van der Waals surface area contributed by atoms with Gasteiger partial charge in [-0.15, -0.1) is 11.8 Å². The van der Waals surface area contributed by atoms with Crippen LogP contribution in [0.1, 0.15) is 25.0 Å². The van der Waals surface area contributed by atoms with Crippen LogP contribution in [0.25, 0.3) is 0 Å². The molecule has 0 saturated carbocycles. The number of halogens is 2. The van der Waals surface area contributed by atoms with Gasteiger partial charge in [-0.05, 0) is 49.2 Å². The van der Waals surface area contributed by atoms with E-state index in [1.165, 1.54) is 11.8 Å². The Morgan fingerprint density at radius 3 is 2.37 bits per heavy atom. The summed E-state index contributed by atoms with van der Waals surface area (Å²) in [5, 5.41) is 3.79. The molecule has 8 heteroatoms. The lowest BCUT2D eigenvalue weighted by atomic mass is 10.1. The highest BCUT2D eigenvalue weighted by molar-refractivity contribution is 7.99. The number of ether oxygens (including phenoxy) is 1. The molecule has 0 aliphatic rings. The number of nitrogens with one attached hydrogen (secondary N) is 1. The maximum atomic E-state index is 13.0. The summed E-state index contributed by atoms with van der Waals surface area (Å²) in [6.07, 6.45) is 0. The summed E-state index contributed by atoms with van der Waals surface area (Å²) in [5.41, 5.74) is 1.91. The van der Waals surface area contributed by atoms with E-state index in [9.17, 15) is 9.59 Å². The molecule has 1 atom stereocenters. The van der Waals surface area contributed by atoms with E-state index in [1.54, 1.807) is 31.1 Å². The molecule has 2 aromatic carbocycles. The van der Waals surface area contributed by atoms with E-state index in [-0.39, 0.29) is 17.6 Å². The average Bonchev–Trinajstić information content (AvgIpc) is 2.74. The molecular formula is C22H26Cl2N2O3S. The molecule has 0 radical (unpaired) electrons. The monoisotopic (exact) mass is 468 g/mol. The minimum absolute atomic E-state index is 0.102. The SMILES string of the molecule is CCNC(=O)[C@@H](C)N(Cc1ccc(OC)cc1)C(=O)CSCc1ccc(Cl)c(Cl)c1. The fourth-order valence-corrected chi connectivity index (χ4v) is 3.98. The van der Waals surface area contributed by atoms with Gasteiger partial charge < -0.3 is 15.0 Å². The van der Waals surface area contributed by atoms with Crippen LogP contribution in [-0.2, 0) is 21.9 Å². The minimum atomic E-state index is -0.579. The van der Waals surface area contributed by atoms with Crippen molar-refractivity contribution in [2.45, 2.75) is 32.2 Å². The first-order chi connectivity index (χ1) is 14.3. The second-order valence-corrected chi connectivity index (χ2v) is 8.48. The Kier molecular flexibility index (Phi) is 9.82. The normalized spacial score (nSPS) is 11.6. The topological polar surface area (TPSA) is 58.6 Å². The van der Waals surface area contributed by atoms with Crippen molar-refractivity contribution in [1.29, 1.82) is 0 Å². The Morgan fingerprint density at radius 2 is 1.77 bits per heavy atom. The van der Waals surface area contributed by atoms with Gasteiger partial charge >= 0.3 is 0 Å². The molecule has 2 rings (SSSR count). The van der Waals surface area contributed by atoms with Crippen molar-refractivity contribution in [3.63, 3.8) is 0 Å². The van der Waals surface area contributed by atoms with Crippen molar-refractivity contribution in [3.05, 3.63) is 63.6 Å². The summed E-state index contributed by atoms with van der Waals surface area (Å²) in [6.45, 7) is 4.46. The fraction of sp³-hybridized carbons (Fsp3) is 0.364. The van der Waals surface area contributed by atoms with Gasteiger partial charge in [-0.3, -0.25) is 9.59 Å². The Labute approximate surface area is 192 Å². The molecule has 0 bridgehead atoms. The Morgan fingerprint density at radius 1 is 1.10 bits per heavy atom. The number of carbonyl (C=O) groups excluding carboxylic acids is 2. The lowest BCUT2D eigenvalue weighted by Gasteiger charge is -2.28. The first-order valence-corrected chi connectivity index (χ1v) is 11.5. The van der Waals surface area contributed by atoms with Crippen LogP contribution in [0, 0.1) is 0 Å². The molecular weight excluding hydrogens is 443 g/mol. The number of likely N-dealkylation sites (N-methyl/N-ethyl adjacent to an activating group) is 1. The van der Waals surface area contributed by atoms with Crippen LogP contribution in [0.5, 0.6) is 5.75 Å². The predicted molar refractivity (Wildman–Crippen MR) is 124 cm³/mol. The van der Waals surface area contributed by atoms with Crippen molar-refractivity contribution < 1.29 is 14.3 Å². The second-order valence-electron chi connectivity index (χ2n) is 6.68. The van der Waals surface area contributed by atoms with Gasteiger partial charge in [-0.25, -0.2) is 0 Å². The molecule has 0 aliphatic carbocycles. The average molecular weight is 469 g/mol. The van der Waals surface area contributed by atoms with E-state index in [4.69, 9.17) is 27.9 Å². The Balaban J connectivity index is 2.06. The van der Waals surface area contributed by atoms with Crippen LogP contribution in [0.3, 0.4) is 0 Å². The number of amides is 2. The van der Waals surface area contributed by atoms with E-state index in [0.29, 0.717) is 28.9 Å². The summed E-state index contributed by atoms with van der Waals surface area (Å²) in [5.74, 6) is 1.34. The smallest absolute Gasteiger partial charge is 0.242 e. The van der Waals surface area contributed by atoms with Crippen LogP contribution in [0.4, 0.5) is 0 Å². The van der Waals surface area contributed by atoms with Gasteiger partial charge in [-0.2, -0.15) is 0 Å². The van der Waals surface area contributed by atoms with Crippen LogP contribution < -0.4 is 10.1 Å². The van der Waals surface area contributed by atoms with Crippen LogP contribution in [-0.4, -0.2) is 42.2 Å². The molecule has 0 saturated heterocycles. The molecule has 0 fully saturated rings. The first-order valence-electron chi connectivity index (χ1n) is 9.57. The molecule has 5 nitrogen and oxygen atoms in total. The van der Waals surface area contributed by atoms with Crippen molar-refractivity contribution in [2.24, 2.45) is 0 Å². The third-order valence-electron chi connectivity index (χ3n) is 4.51. The first kappa shape index (κ1) is 24.4. The third-order valence-corrected chi connectivity index (χ3v) is 6.24. The zero-order chi connectivity index (χ0) is 22.1. The summed E-state index contributed by atoms with van der Waals surface area (Å²) in [6, 6.07) is 12.3. The maximum absolute atomic E-state index is 13.0. The fourth-order valence-electron chi connectivity index (χ4n) is 2.80. The molecule has 30 heavy (non-hydrogen) atoms. The number of rotatable bonds is 10. The number of thioether (sulfide) groups is 1. The number of methoxy groups -OCH3 is 1. The largest absolute Gasteiger partial charge is 0.497 e. The van der Waals surface area contributed by atoms with E-state index < -0.39 is 6.04 Å². The molecule has 0 unspecified atom stereocenters. The zero-order valence-corrected chi connectivity index (χ0v) is 19.6. The number of carbonyl (C=O) groups is 2. The number of hydrogen-bond acceptors (Lipinski definition) is 4. The predicted octanol–water partition coefficient (Wildman–Crippen LogP) is 4.79. The van der Waals surface area contributed by atoms with Gasteiger partial charge in [0.05, 0.1) is 22.9 Å². The lowest BCUT2D eigenvalue weighted by Crippen LogP contribution is -2.48. The summed E-state index contributed by atoms with van der Waals surface area (Å²) in [4.78, 5) is 27.0. The van der Waals surface area contributed by atoms with Gasteiger partial charge in [0.1, 0.15) is 11.8 Å². The number of benzene rings is 2. The molecule has 0 aliphatic heterocycles. The Hall–Kier alpha value is -1.89. The third kappa shape index (κ3) is 7.11. The quantitative estimate of drug-likeness (QED) is 0.544. The van der Waals surface area contributed by atoms with Crippen LogP contribution >= 0.6 is 35.0 Å². The maximum Gasteiger partial charge on any atom is 0.242 e. The van der Waals surface area contributed by atoms with Crippen molar-refractivity contribution in [3.8, 4) is 5.75 Å². The Bertz CT molecular complexity index is 862. The standard InChI is InChI=1S/C22H26Cl2N2O3S/c1-4-25-22(28)15(2)26(12-16-5-8-18(29-3)9-6-16)21(27)14-30-13-17-7-10-19(23)20(24)11-17/h5-11,15H,4,12-14H2,1-3H3,(H,25,28)/t15-/m1/s1. The molecule has 2 aromatic rings. The summed E-state index contributed by atoms with van der Waals surface area (Å²) >= 11 is 13.5. The van der Waals surface area contributed by atoms with Gasteiger partial charge in [0.25, 0.3) is 0 Å². The van der Waals surface area contributed by atoms with Gasteiger partial charge in [-0.1, -0.05) is 41.4 Å². The van der Waals surface area contributed by atoms with Gasteiger partial charge in [0.2, 0.25) is 11.8 Å². The molecule has 0 heterocycles. The van der Waals surface area contributed by atoms with Gasteiger partial charge in [0, 0.05) is 18.8 Å². The van der Waals surface area contributed by atoms with Crippen molar-refractivity contribution in [1.82, 2.24) is 10.2 Å². The number of nitrogens with zero attached hydrogens (tertiary/aromatic N) is 1. The van der Waals surface area contributed by atoms with Gasteiger partial charge in [0.15, 0.2) is 0 Å². The zero-order valence-electron chi connectivity index (χ0n) is 17.3. The van der Waals surface area contributed by atoms with Crippen LogP contribution in [0.15, 0.2) is 42.5 Å². The highest BCUT2D eigenvalue weighted by Crippen LogP contribution is 2.25. The summed E-state index contributed by atoms with van der Waals surface area (Å²) < 4.78 is 5.18. The summed E-state index contributed by atoms with van der Waals surface area (Å²) in [7, 11) is 1.60. The van der Waals surface area contributed by atoms with Crippen molar-refractivity contribution in [2.75, 3.05) is 19.4 Å². The van der Waals surface area contributed by atoms with E-state index in [1.807, 2.05) is 37.3 Å². The number of hydrogen-bond donors (Lipinski definition) is 1. The highest BCUT2D eigenvalue weighted by Gasteiger charge is 2.25. The molecule has 2 amide bonds. The minimum Gasteiger partial charge on any atom is -0.497 e. The second kappa shape index (κ2) is 12.1.